The molecule has 2 aromatic carbocycles. The van der Waals surface area contributed by atoms with Crippen LogP contribution in [-0.4, -0.2) is 72.3 Å². The van der Waals surface area contributed by atoms with E-state index in [1.807, 2.05) is 24.3 Å². The van der Waals surface area contributed by atoms with Crippen LogP contribution in [0.15, 0.2) is 48.5 Å². The van der Waals surface area contributed by atoms with Crippen LogP contribution in [0.1, 0.15) is 11.1 Å². The van der Waals surface area contributed by atoms with E-state index in [1.54, 1.807) is 7.11 Å². The monoisotopic (exact) mass is 416 g/mol. The number of hydrogen-bond acceptors (Lipinski definition) is 6. The number of aliphatic carboxylic acids is 2. The molecular formula is C22H28N2O6. The van der Waals surface area contributed by atoms with Crippen molar-refractivity contribution in [2.45, 2.75) is 13.2 Å². The third-order valence-corrected chi connectivity index (χ3v) is 4.65. The number of likely N-dealkylation sites (N-methyl/N-ethyl adjacent to an activating group) is 1. The summed E-state index contributed by atoms with van der Waals surface area (Å²) in [5.41, 5.74) is 2.42. The lowest BCUT2D eigenvalue weighted by Crippen LogP contribution is -2.43. The minimum atomic E-state index is -1.82. The second-order valence-electron chi connectivity index (χ2n) is 6.95. The first-order chi connectivity index (χ1) is 14.4. The fourth-order valence-corrected chi connectivity index (χ4v) is 2.93. The Kier molecular flexibility index (Phi) is 9.11. The molecule has 1 aliphatic rings. The van der Waals surface area contributed by atoms with E-state index in [0.717, 1.165) is 49.8 Å². The van der Waals surface area contributed by atoms with Gasteiger partial charge in [0.1, 0.15) is 6.61 Å². The molecule has 8 heteroatoms. The van der Waals surface area contributed by atoms with Crippen LogP contribution in [-0.2, 0) is 22.7 Å². The SMILES string of the molecule is COc1cc(CN2CCN(C)CC2)ccc1OCc1ccccc1.O=C(O)C(=O)O. The number of carboxylic acid groups (broad SMARTS) is 2. The third-order valence-electron chi connectivity index (χ3n) is 4.65. The molecule has 2 N–H and O–H groups in total. The van der Waals surface area contributed by atoms with E-state index in [2.05, 4.69) is 41.1 Å². The molecule has 0 spiro atoms. The van der Waals surface area contributed by atoms with Crippen molar-refractivity contribution in [3.8, 4) is 11.5 Å². The minimum absolute atomic E-state index is 0.551. The highest BCUT2D eigenvalue weighted by Crippen LogP contribution is 2.29. The Labute approximate surface area is 176 Å². The molecule has 30 heavy (non-hydrogen) atoms. The van der Waals surface area contributed by atoms with Gasteiger partial charge in [0.25, 0.3) is 0 Å². The summed E-state index contributed by atoms with van der Waals surface area (Å²) in [6.07, 6.45) is 0. The predicted octanol–water partition coefficient (Wildman–Crippen LogP) is 2.18. The first-order valence-corrected chi connectivity index (χ1v) is 9.59. The van der Waals surface area contributed by atoms with Crippen LogP contribution in [0.3, 0.4) is 0 Å². The molecule has 1 fully saturated rings. The summed E-state index contributed by atoms with van der Waals surface area (Å²) < 4.78 is 11.5. The summed E-state index contributed by atoms with van der Waals surface area (Å²) in [5, 5.41) is 14.8. The van der Waals surface area contributed by atoms with Gasteiger partial charge in [0.2, 0.25) is 0 Å². The normalized spacial score (nSPS) is 14.3. The highest BCUT2D eigenvalue weighted by molar-refractivity contribution is 6.27. The zero-order chi connectivity index (χ0) is 21.9. The number of ether oxygens (including phenoxy) is 2. The number of methoxy groups -OCH3 is 1. The van der Waals surface area contributed by atoms with Gasteiger partial charge in [0, 0.05) is 32.7 Å². The minimum Gasteiger partial charge on any atom is -0.493 e. The van der Waals surface area contributed by atoms with Gasteiger partial charge in [-0.1, -0.05) is 36.4 Å². The lowest BCUT2D eigenvalue weighted by atomic mass is 10.1. The van der Waals surface area contributed by atoms with E-state index in [0.29, 0.717) is 6.61 Å². The lowest BCUT2D eigenvalue weighted by molar-refractivity contribution is -0.159. The van der Waals surface area contributed by atoms with E-state index < -0.39 is 11.9 Å². The van der Waals surface area contributed by atoms with Gasteiger partial charge in [0.05, 0.1) is 7.11 Å². The molecular weight excluding hydrogens is 388 g/mol. The molecule has 2 aromatic rings. The fraction of sp³-hybridized carbons (Fsp3) is 0.364. The third kappa shape index (κ3) is 7.73. The standard InChI is InChI=1S/C20H26N2O2.C2H2O4/c1-21-10-12-22(13-11-21)15-18-8-9-19(20(14-18)23-2)24-16-17-6-4-3-5-7-17;3-1(4)2(5)6/h3-9,14H,10-13,15-16H2,1-2H3;(H,3,4)(H,5,6). The Bertz CT molecular complexity index is 808. The Hall–Kier alpha value is -3.10. The van der Waals surface area contributed by atoms with Crippen LogP contribution in [0.25, 0.3) is 0 Å². The van der Waals surface area contributed by atoms with Gasteiger partial charge < -0.3 is 24.6 Å². The van der Waals surface area contributed by atoms with Crippen LogP contribution in [0.4, 0.5) is 0 Å². The molecule has 0 amide bonds. The van der Waals surface area contributed by atoms with Crippen molar-refractivity contribution < 1.29 is 29.3 Å². The summed E-state index contributed by atoms with van der Waals surface area (Å²) >= 11 is 0. The molecule has 162 valence electrons. The molecule has 0 saturated carbocycles. The highest BCUT2D eigenvalue weighted by Gasteiger charge is 2.15. The number of benzene rings is 2. The molecule has 0 atom stereocenters. The van der Waals surface area contributed by atoms with Crippen molar-refractivity contribution in [3.05, 3.63) is 59.7 Å². The van der Waals surface area contributed by atoms with Crippen molar-refractivity contribution >= 4 is 11.9 Å². The fourth-order valence-electron chi connectivity index (χ4n) is 2.93. The van der Waals surface area contributed by atoms with Crippen LogP contribution >= 0.6 is 0 Å². The van der Waals surface area contributed by atoms with Gasteiger partial charge in [-0.15, -0.1) is 0 Å². The van der Waals surface area contributed by atoms with E-state index in [-0.39, 0.29) is 0 Å². The van der Waals surface area contributed by atoms with Gasteiger partial charge >= 0.3 is 11.9 Å². The Morgan fingerprint density at radius 3 is 2.10 bits per heavy atom. The average Bonchev–Trinajstić information content (AvgIpc) is 2.75. The number of carboxylic acids is 2. The number of hydrogen-bond donors (Lipinski definition) is 2. The zero-order valence-corrected chi connectivity index (χ0v) is 17.3. The second kappa shape index (κ2) is 11.8. The smallest absolute Gasteiger partial charge is 0.414 e. The number of carbonyl (C=O) groups is 2. The van der Waals surface area contributed by atoms with Gasteiger partial charge in [0.15, 0.2) is 11.5 Å². The van der Waals surface area contributed by atoms with Crippen LogP contribution in [0.2, 0.25) is 0 Å². The first-order valence-electron chi connectivity index (χ1n) is 9.59. The highest BCUT2D eigenvalue weighted by atomic mass is 16.5. The Balaban J connectivity index is 0.000000469. The maximum Gasteiger partial charge on any atom is 0.414 e. The van der Waals surface area contributed by atoms with E-state index in [9.17, 15) is 0 Å². The Morgan fingerprint density at radius 1 is 0.900 bits per heavy atom. The van der Waals surface area contributed by atoms with Crippen molar-refractivity contribution in [1.29, 1.82) is 0 Å². The van der Waals surface area contributed by atoms with Gasteiger partial charge in [-0.3, -0.25) is 4.90 Å². The maximum atomic E-state index is 9.10. The summed E-state index contributed by atoms with van der Waals surface area (Å²) in [5.74, 6) is -2.05. The first kappa shape index (κ1) is 23.2. The maximum absolute atomic E-state index is 9.10. The molecule has 0 aromatic heterocycles. The number of nitrogens with zero attached hydrogens (tertiary/aromatic N) is 2. The average molecular weight is 416 g/mol. The summed E-state index contributed by atoms with van der Waals surface area (Å²) in [6.45, 7) is 6.01. The topological polar surface area (TPSA) is 99.5 Å². The van der Waals surface area contributed by atoms with Gasteiger partial charge in [-0.2, -0.15) is 0 Å². The summed E-state index contributed by atoms with van der Waals surface area (Å²) in [6, 6.07) is 16.4. The number of rotatable bonds is 6. The molecule has 0 radical (unpaired) electrons. The largest absolute Gasteiger partial charge is 0.493 e. The Morgan fingerprint density at radius 2 is 1.53 bits per heavy atom. The summed E-state index contributed by atoms with van der Waals surface area (Å²) in [4.78, 5) is 23.1. The molecule has 0 unspecified atom stereocenters. The molecule has 3 rings (SSSR count). The van der Waals surface area contributed by atoms with Crippen LogP contribution in [0.5, 0.6) is 11.5 Å². The molecule has 0 aliphatic carbocycles. The lowest BCUT2D eigenvalue weighted by Gasteiger charge is -2.32. The number of piperazine rings is 1. The van der Waals surface area contributed by atoms with E-state index >= 15 is 0 Å². The van der Waals surface area contributed by atoms with E-state index in [1.165, 1.54) is 5.56 Å². The van der Waals surface area contributed by atoms with Crippen molar-refractivity contribution in [1.82, 2.24) is 9.80 Å². The quantitative estimate of drug-likeness (QED) is 0.692. The molecule has 1 heterocycles. The van der Waals surface area contributed by atoms with Crippen LogP contribution < -0.4 is 9.47 Å². The van der Waals surface area contributed by atoms with Crippen molar-refractivity contribution in [3.63, 3.8) is 0 Å². The van der Waals surface area contributed by atoms with E-state index in [4.69, 9.17) is 29.3 Å². The van der Waals surface area contributed by atoms with Crippen LogP contribution in [0, 0.1) is 0 Å². The second-order valence-corrected chi connectivity index (χ2v) is 6.95. The molecule has 1 aliphatic heterocycles. The molecule has 1 saturated heterocycles. The zero-order valence-electron chi connectivity index (χ0n) is 17.3. The predicted molar refractivity (Wildman–Crippen MR) is 112 cm³/mol. The molecule has 8 nitrogen and oxygen atoms in total. The van der Waals surface area contributed by atoms with Crippen molar-refractivity contribution in [2.75, 3.05) is 40.3 Å². The van der Waals surface area contributed by atoms with Crippen molar-refractivity contribution in [2.24, 2.45) is 0 Å². The molecule has 0 bridgehead atoms. The van der Waals surface area contributed by atoms with Gasteiger partial charge in [-0.25, -0.2) is 9.59 Å². The van der Waals surface area contributed by atoms with Gasteiger partial charge in [-0.05, 0) is 30.3 Å². The summed E-state index contributed by atoms with van der Waals surface area (Å²) in [7, 11) is 3.88.